The molecule has 2 heterocycles. The molecule has 4 aliphatic carbocycles. The van der Waals surface area contributed by atoms with Crippen molar-refractivity contribution in [3.05, 3.63) is 0 Å². The number of hydrogen-bond donors (Lipinski definition) is 10. The van der Waals surface area contributed by atoms with Gasteiger partial charge in [-0.15, -0.1) is 0 Å². The van der Waals surface area contributed by atoms with Crippen molar-refractivity contribution in [1.82, 2.24) is 0 Å². The van der Waals surface area contributed by atoms with Crippen molar-refractivity contribution < 1.29 is 74.7 Å². The van der Waals surface area contributed by atoms with E-state index in [-0.39, 0.29) is 43.3 Å². The molecule has 2 aliphatic heterocycles. The topological polar surface area (TPSA) is 248 Å². The minimum atomic E-state index is -1.50. The Kier molecular flexibility index (Phi) is 13.4. The van der Waals surface area contributed by atoms with Gasteiger partial charge in [0, 0.05) is 25.4 Å². The van der Waals surface area contributed by atoms with Gasteiger partial charge in [0.2, 0.25) is 0 Å². The smallest absolute Gasteiger partial charge is 0.186 e. The molecule has 55 heavy (non-hydrogen) atoms. The van der Waals surface area contributed by atoms with E-state index in [1.54, 1.807) is 0 Å². The standard InChI is InChI=1S/C40H70O15/c1-18(2)20(11-14-52-36-33(49)34(51-6)24(17-54-36)55-37-32(48)29(45)23(43)16-53-37)8-7-19(3)26-30(46)31(47)35-39(26,5)13-10-25-38(4)12-9-21(41)28(44)27(38)22(42)15-40(25,35)50/h18-37,41-50H,7-17H2,1-6H3. The zero-order valence-corrected chi connectivity index (χ0v) is 33.3. The monoisotopic (exact) mass is 790 g/mol. The molecular weight excluding hydrogens is 720 g/mol. The molecule has 22 atom stereocenters. The Labute approximate surface area is 324 Å². The largest absolute Gasteiger partial charge is 0.393 e. The third kappa shape index (κ3) is 7.70. The zero-order valence-electron chi connectivity index (χ0n) is 33.3. The quantitative estimate of drug-likeness (QED) is 0.122. The van der Waals surface area contributed by atoms with E-state index >= 15 is 0 Å². The van der Waals surface area contributed by atoms with Gasteiger partial charge in [0.15, 0.2) is 12.6 Å². The number of aliphatic hydroxyl groups is 10. The molecule has 0 aromatic heterocycles. The predicted octanol–water partition coefficient (Wildman–Crippen LogP) is -0.344. The van der Waals surface area contributed by atoms with Crippen LogP contribution >= 0.6 is 0 Å². The Hall–Kier alpha value is -0.600. The van der Waals surface area contributed by atoms with Gasteiger partial charge < -0.3 is 74.7 Å². The van der Waals surface area contributed by atoms with Crippen molar-refractivity contribution in [3.8, 4) is 0 Å². The fraction of sp³-hybridized carbons (Fsp3) is 1.00. The first kappa shape index (κ1) is 44.0. The predicted molar refractivity (Wildman–Crippen MR) is 195 cm³/mol. The van der Waals surface area contributed by atoms with E-state index in [4.69, 9.17) is 23.7 Å². The van der Waals surface area contributed by atoms with Crippen LogP contribution in [0.2, 0.25) is 0 Å². The Morgan fingerprint density at radius 3 is 2.04 bits per heavy atom. The highest BCUT2D eigenvalue weighted by molar-refractivity contribution is 5.22. The second-order valence-electron chi connectivity index (χ2n) is 19.0. The van der Waals surface area contributed by atoms with Crippen LogP contribution in [0.3, 0.4) is 0 Å². The molecule has 0 spiro atoms. The Bertz CT molecular complexity index is 1280. The van der Waals surface area contributed by atoms with Crippen LogP contribution in [0, 0.1) is 52.3 Å². The lowest BCUT2D eigenvalue weighted by molar-refractivity contribution is -0.331. The maximum absolute atomic E-state index is 12.6. The first-order valence-corrected chi connectivity index (χ1v) is 20.7. The number of rotatable bonds is 12. The molecule has 0 aromatic rings. The third-order valence-corrected chi connectivity index (χ3v) is 15.7. The van der Waals surface area contributed by atoms with Gasteiger partial charge in [-0.05, 0) is 78.9 Å². The molecule has 6 rings (SSSR count). The molecule has 2 saturated heterocycles. The van der Waals surface area contributed by atoms with Crippen LogP contribution in [-0.4, -0.2) is 163 Å². The molecule has 6 aliphatic rings. The summed E-state index contributed by atoms with van der Waals surface area (Å²) >= 11 is 0. The molecular formula is C40H70O15. The maximum Gasteiger partial charge on any atom is 0.186 e. The summed E-state index contributed by atoms with van der Waals surface area (Å²) in [5.41, 5.74) is -2.66. The van der Waals surface area contributed by atoms with Gasteiger partial charge in [-0.3, -0.25) is 0 Å². The van der Waals surface area contributed by atoms with Gasteiger partial charge in [0.05, 0.1) is 55.9 Å². The first-order chi connectivity index (χ1) is 25.8. The lowest BCUT2D eigenvalue weighted by Crippen LogP contribution is -2.71. The Morgan fingerprint density at radius 2 is 1.36 bits per heavy atom. The van der Waals surface area contributed by atoms with Crippen LogP contribution in [0.25, 0.3) is 0 Å². The van der Waals surface area contributed by atoms with Crippen molar-refractivity contribution in [3.63, 3.8) is 0 Å². The second-order valence-corrected chi connectivity index (χ2v) is 19.0. The van der Waals surface area contributed by atoms with Crippen molar-refractivity contribution in [1.29, 1.82) is 0 Å². The lowest BCUT2D eigenvalue weighted by atomic mass is 9.41. The zero-order chi connectivity index (χ0) is 40.4. The van der Waals surface area contributed by atoms with E-state index in [9.17, 15) is 51.1 Å². The summed E-state index contributed by atoms with van der Waals surface area (Å²) in [6.07, 6.45) is -10.2. The summed E-state index contributed by atoms with van der Waals surface area (Å²) in [6, 6.07) is 0. The molecule has 22 unspecified atom stereocenters. The fourth-order valence-electron chi connectivity index (χ4n) is 12.8. The minimum absolute atomic E-state index is 0.00407. The normalized spacial score (nSPS) is 52.6. The average Bonchev–Trinajstić information content (AvgIpc) is 3.33. The highest BCUT2D eigenvalue weighted by atomic mass is 16.7. The summed E-state index contributed by atoms with van der Waals surface area (Å²) in [7, 11) is 1.41. The third-order valence-electron chi connectivity index (χ3n) is 15.7. The van der Waals surface area contributed by atoms with Crippen molar-refractivity contribution >= 4 is 0 Å². The first-order valence-electron chi connectivity index (χ1n) is 20.7. The molecule has 15 nitrogen and oxygen atoms in total. The van der Waals surface area contributed by atoms with Crippen molar-refractivity contribution in [2.24, 2.45) is 52.3 Å². The van der Waals surface area contributed by atoms with Crippen LogP contribution in [0.5, 0.6) is 0 Å². The van der Waals surface area contributed by atoms with E-state index in [1.165, 1.54) is 7.11 Å². The number of ether oxygens (including phenoxy) is 5. The van der Waals surface area contributed by atoms with E-state index in [0.29, 0.717) is 44.6 Å². The number of aliphatic hydroxyl groups excluding tert-OH is 9. The molecule has 0 bridgehead atoms. The fourth-order valence-corrected chi connectivity index (χ4v) is 12.8. The van der Waals surface area contributed by atoms with Crippen LogP contribution in [-0.2, 0) is 23.7 Å². The summed E-state index contributed by atoms with van der Waals surface area (Å²) in [5, 5.41) is 110. The van der Waals surface area contributed by atoms with Gasteiger partial charge in [0.1, 0.15) is 36.6 Å². The molecule has 0 amide bonds. The van der Waals surface area contributed by atoms with Gasteiger partial charge in [-0.2, -0.15) is 0 Å². The summed E-state index contributed by atoms with van der Waals surface area (Å²) in [4.78, 5) is 0. The molecule has 4 saturated carbocycles. The van der Waals surface area contributed by atoms with Gasteiger partial charge in [0.25, 0.3) is 0 Å². The maximum atomic E-state index is 12.6. The average molecular weight is 791 g/mol. The Morgan fingerprint density at radius 1 is 0.691 bits per heavy atom. The second kappa shape index (κ2) is 16.8. The summed E-state index contributed by atoms with van der Waals surface area (Å²) in [5.74, 6) is -1.29. The van der Waals surface area contributed by atoms with E-state index in [2.05, 4.69) is 27.7 Å². The van der Waals surface area contributed by atoms with Crippen molar-refractivity contribution in [2.75, 3.05) is 26.9 Å². The SMILES string of the molecule is COC1C(OC2OCC(O)C(O)C2O)COC(OCCC(CCC(C)C2C(O)C(O)C3C2(C)CCC2C4(C)CCC(O)C(O)C4C(O)CC23O)C(C)C)C1O. The van der Waals surface area contributed by atoms with Crippen LogP contribution < -0.4 is 0 Å². The molecule has 0 radical (unpaired) electrons. The molecule has 320 valence electrons. The van der Waals surface area contributed by atoms with Crippen LogP contribution in [0.4, 0.5) is 0 Å². The highest BCUT2D eigenvalue weighted by Gasteiger charge is 2.73. The molecule has 15 heteroatoms. The summed E-state index contributed by atoms with van der Waals surface area (Å²) in [6.45, 7) is 10.5. The van der Waals surface area contributed by atoms with Gasteiger partial charge >= 0.3 is 0 Å². The lowest BCUT2D eigenvalue weighted by Gasteiger charge is -2.66. The van der Waals surface area contributed by atoms with Crippen LogP contribution in [0.15, 0.2) is 0 Å². The number of methoxy groups -OCH3 is 1. The summed E-state index contributed by atoms with van der Waals surface area (Å²) < 4.78 is 28.5. The van der Waals surface area contributed by atoms with E-state index < -0.39 is 108 Å². The number of hydrogen-bond acceptors (Lipinski definition) is 15. The highest BCUT2D eigenvalue weighted by Crippen LogP contribution is 2.70. The van der Waals surface area contributed by atoms with E-state index in [0.717, 1.165) is 12.8 Å². The molecule has 6 fully saturated rings. The minimum Gasteiger partial charge on any atom is -0.393 e. The molecule has 10 N–H and O–H groups in total. The molecule has 0 aromatic carbocycles. The van der Waals surface area contributed by atoms with Crippen molar-refractivity contribution in [2.45, 2.75) is 171 Å². The van der Waals surface area contributed by atoms with Gasteiger partial charge in [-0.25, -0.2) is 0 Å². The Balaban J connectivity index is 1.05. The van der Waals surface area contributed by atoms with E-state index in [1.807, 2.05) is 6.92 Å². The van der Waals surface area contributed by atoms with Crippen LogP contribution in [0.1, 0.15) is 86.0 Å². The number of fused-ring (bicyclic) bond motifs is 5. The van der Waals surface area contributed by atoms with Gasteiger partial charge in [-0.1, -0.05) is 41.0 Å².